The quantitative estimate of drug-likeness (QED) is 0.764. The highest BCUT2D eigenvalue weighted by atomic mass is 16.3. The van der Waals surface area contributed by atoms with E-state index in [2.05, 4.69) is 29.4 Å². The van der Waals surface area contributed by atoms with E-state index in [0.29, 0.717) is 17.8 Å². The number of nitrogens with one attached hydrogen (secondary N) is 1. The summed E-state index contributed by atoms with van der Waals surface area (Å²) in [6, 6.07) is 11.8. The summed E-state index contributed by atoms with van der Waals surface area (Å²) in [5.41, 5.74) is 10.1. The van der Waals surface area contributed by atoms with Gasteiger partial charge in [-0.25, -0.2) is 0 Å². The van der Waals surface area contributed by atoms with Crippen LogP contribution in [0.25, 0.3) is 0 Å². The van der Waals surface area contributed by atoms with Crippen molar-refractivity contribution in [3.8, 4) is 0 Å². The minimum Gasteiger partial charge on any atom is -0.512 e. The minimum absolute atomic E-state index is 0.157. The molecular weight excluding hydrogens is 350 g/mol. The maximum absolute atomic E-state index is 12.6. The Hall–Kier alpha value is -2.92. The van der Waals surface area contributed by atoms with Crippen molar-refractivity contribution >= 4 is 5.91 Å². The number of fused-ring (bicyclic) bond motifs is 3. The Kier molecular flexibility index (Phi) is 4.35. The molecule has 1 aliphatic carbocycles. The van der Waals surface area contributed by atoms with Gasteiger partial charge in [-0.1, -0.05) is 31.2 Å². The van der Waals surface area contributed by atoms with Crippen LogP contribution >= 0.6 is 0 Å². The molecule has 0 bridgehead atoms. The molecule has 3 unspecified atom stereocenters. The molecule has 1 aliphatic heterocycles. The van der Waals surface area contributed by atoms with Gasteiger partial charge >= 0.3 is 0 Å². The first kappa shape index (κ1) is 18.4. The van der Waals surface area contributed by atoms with Crippen molar-refractivity contribution in [1.29, 1.82) is 0 Å². The number of nitrogens with zero attached hydrogens (tertiary/aromatic N) is 1. The fourth-order valence-corrected chi connectivity index (χ4v) is 4.55. The molecule has 5 heteroatoms. The third-order valence-corrected chi connectivity index (χ3v) is 6.13. The molecule has 0 radical (unpaired) electrons. The fourth-order valence-electron chi connectivity index (χ4n) is 4.55. The second kappa shape index (κ2) is 6.60. The topological polar surface area (TPSA) is 88.2 Å². The number of carbonyl (C=O) groups excluding carboxylic acids is 1. The van der Waals surface area contributed by atoms with Crippen LogP contribution in [0.1, 0.15) is 59.8 Å². The smallest absolute Gasteiger partial charge is 0.257 e. The summed E-state index contributed by atoms with van der Waals surface area (Å²) in [6.45, 7) is 6.62. The van der Waals surface area contributed by atoms with E-state index in [-0.39, 0.29) is 23.5 Å². The molecule has 0 spiro atoms. The number of amides is 1. The molecule has 28 heavy (non-hydrogen) atoms. The van der Waals surface area contributed by atoms with Crippen molar-refractivity contribution in [2.45, 2.75) is 38.0 Å². The van der Waals surface area contributed by atoms with Crippen LogP contribution in [-0.2, 0) is 5.41 Å². The number of pyridine rings is 1. The molecule has 5 nitrogen and oxygen atoms in total. The van der Waals surface area contributed by atoms with Crippen LogP contribution in [-0.4, -0.2) is 22.5 Å². The zero-order chi connectivity index (χ0) is 20.1. The zero-order valence-corrected chi connectivity index (χ0v) is 16.4. The number of nitrogens with two attached hydrogens (primary N) is 1. The maximum Gasteiger partial charge on any atom is 0.257 e. The van der Waals surface area contributed by atoms with Crippen molar-refractivity contribution in [2.24, 2.45) is 5.73 Å². The van der Waals surface area contributed by atoms with Gasteiger partial charge in [0.1, 0.15) is 5.76 Å². The van der Waals surface area contributed by atoms with Gasteiger partial charge in [0.05, 0.1) is 22.6 Å². The number of aliphatic hydroxyl groups is 1. The highest BCUT2D eigenvalue weighted by molar-refractivity contribution is 5.99. The third-order valence-electron chi connectivity index (χ3n) is 6.13. The van der Waals surface area contributed by atoms with Crippen molar-refractivity contribution in [1.82, 2.24) is 10.3 Å². The van der Waals surface area contributed by atoms with E-state index in [0.717, 1.165) is 22.4 Å². The summed E-state index contributed by atoms with van der Waals surface area (Å²) < 4.78 is 0. The average Bonchev–Trinajstić information content (AvgIpc) is 2.70. The van der Waals surface area contributed by atoms with Gasteiger partial charge in [0.2, 0.25) is 0 Å². The molecule has 3 atom stereocenters. The van der Waals surface area contributed by atoms with Gasteiger partial charge < -0.3 is 16.2 Å². The summed E-state index contributed by atoms with van der Waals surface area (Å²) in [6.07, 6.45) is 3.44. The van der Waals surface area contributed by atoms with E-state index in [1.807, 2.05) is 26.0 Å². The zero-order valence-electron chi connectivity index (χ0n) is 16.4. The van der Waals surface area contributed by atoms with Crippen LogP contribution in [0.3, 0.4) is 0 Å². The Morgan fingerprint density at radius 3 is 2.68 bits per heavy atom. The van der Waals surface area contributed by atoms with Gasteiger partial charge in [-0.3, -0.25) is 9.78 Å². The number of hydrogen-bond donors (Lipinski definition) is 3. The number of rotatable bonds is 3. The second-order valence-corrected chi connectivity index (χ2v) is 7.92. The van der Waals surface area contributed by atoms with E-state index in [1.54, 1.807) is 24.4 Å². The van der Waals surface area contributed by atoms with E-state index in [4.69, 9.17) is 5.73 Å². The molecule has 0 fully saturated rings. The van der Waals surface area contributed by atoms with Crippen molar-refractivity contribution in [3.05, 3.63) is 88.1 Å². The maximum atomic E-state index is 12.6. The molecule has 1 aromatic heterocycles. The van der Waals surface area contributed by atoms with Crippen molar-refractivity contribution in [2.75, 3.05) is 6.54 Å². The van der Waals surface area contributed by atoms with E-state index < -0.39 is 5.41 Å². The van der Waals surface area contributed by atoms with Crippen LogP contribution < -0.4 is 11.1 Å². The van der Waals surface area contributed by atoms with Crippen LogP contribution in [0.2, 0.25) is 0 Å². The first-order valence-electron chi connectivity index (χ1n) is 9.56. The highest BCUT2D eigenvalue weighted by Crippen LogP contribution is 2.52. The van der Waals surface area contributed by atoms with E-state index >= 15 is 0 Å². The Morgan fingerprint density at radius 1 is 1.29 bits per heavy atom. The predicted molar refractivity (Wildman–Crippen MR) is 109 cm³/mol. The highest BCUT2D eigenvalue weighted by Gasteiger charge is 2.51. The molecule has 1 aromatic carbocycles. The van der Waals surface area contributed by atoms with E-state index in [9.17, 15) is 9.90 Å². The van der Waals surface area contributed by atoms with Crippen molar-refractivity contribution < 1.29 is 9.90 Å². The fraction of sp³-hybridized carbons (Fsp3) is 0.304. The molecule has 1 amide bonds. The number of aliphatic hydroxyl groups excluding tert-OH is 1. The Balaban J connectivity index is 1.90. The minimum atomic E-state index is -0.672. The number of benzene rings is 1. The van der Waals surface area contributed by atoms with Gasteiger partial charge in [0.25, 0.3) is 5.91 Å². The molecule has 2 aromatic rings. The van der Waals surface area contributed by atoms with Crippen LogP contribution in [0, 0.1) is 0 Å². The molecule has 2 heterocycles. The van der Waals surface area contributed by atoms with Crippen molar-refractivity contribution in [3.63, 3.8) is 0 Å². The van der Waals surface area contributed by atoms with Gasteiger partial charge in [-0.05, 0) is 61.2 Å². The Labute approximate surface area is 165 Å². The molecule has 4 N–H and O–H groups in total. The molecule has 0 saturated heterocycles. The average molecular weight is 375 g/mol. The third kappa shape index (κ3) is 2.58. The number of aromatic nitrogens is 1. The number of allylic oxidation sites excluding steroid dienone is 4. The van der Waals surface area contributed by atoms with Crippen LogP contribution in [0.4, 0.5) is 0 Å². The normalized spacial score (nSPS) is 24.8. The molecule has 2 aliphatic rings. The van der Waals surface area contributed by atoms with Gasteiger partial charge in [-0.2, -0.15) is 0 Å². The lowest BCUT2D eigenvalue weighted by molar-refractivity contribution is 0.0939. The number of hydrogen-bond acceptors (Lipinski definition) is 4. The van der Waals surface area contributed by atoms with Gasteiger partial charge in [0.15, 0.2) is 0 Å². The summed E-state index contributed by atoms with van der Waals surface area (Å²) in [5.74, 6) is 0.0450. The SMILES string of the molecule is CC1=C2NC(=O)c3cccnc3C2(C)C(c2ccc(C(C)CN)cc2)C(O)=C1. The lowest BCUT2D eigenvalue weighted by atomic mass is 9.62. The first-order chi connectivity index (χ1) is 13.4. The Morgan fingerprint density at radius 2 is 2.00 bits per heavy atom. The standard InChI is InChI=1S/C23H25N3O2/c1-13-11-18(27)19(16-8-6-15(7-9-16)14(2)12-24)23(3)20(13)26-22(28)17-5-4-10-25-21(17)23/h4-11,14,19,27H,12,24H2,1-3H3,(H,26,28). The lowest BCUT2D eigenvalue weighted by Gasteiger charge is -2.45. The lowest BCUT2D eigenvalue weighted by Crippen LogP contribution is -2.49. The summed E-state index contributed by atoms with van der Waals surface area (Å²) in [5, 5.41) is 14.0. The second-order valence-electron chi connectivity index (χ2n) is 7.92. The van der Waals surface area contributed by atoms with Crippen LogP contribution in [0.15, 0.2) is 65.7 Å². The summed E-state index contributed by atoms with van der Waals surface area (Å²) in [7, 11) is 0. The number of carbonyl (C=O) groups is 1. The van der Waals surface area contributed by atoms with Gasteiger partial charge in [-0.15, -0.1) is 0 Å². The molecular formula is C23H25N3O2. The predicted octanol–water partition coefficient (Wildman–Crippen LogP) is 3.66. The Bertz CT molecular complexity index is 1010. The van der Waals surface area contributed by atoms with Crippen LogP contribution in [0.5, 0.6) is 0 Å². The first-order valence-corrected chi connectivity index (χ1v) is 9.56. The van der Waals surface area contributed by atoms with E-state index in [1.165, 1.54) is 0 Å². The molecule has 4 rings (SSSR count). The van der Waals surface area contributed by atoms with Gasteiger partial charge in [0, 0.05) is 11.9 Å². The summed E-state index contributed by atoms with van der Waals surface area (Å²) >= 11 is 0. The molecule has 0 saturated carbocycles. The molecule has 144 valence electrons. The largest absolute Gasteiger partial charge is 0.512 e. The monoisotopic (exact) mass is 375 g/mol. The summed E-state index contributed by atoms with van der Waals surface area (Å²) in [4.78, 5) is 17.2.